The molecule has 0 spiro atoms. The summed E-state index contributed by atoms with van der Waals surface area (Å²) >= 11 is 0. The predicted octanol–water partition coefficient (Wildman–Crippen LogP) is 1.81. The van der Waals surface area contributed by atoms with E-state index in [9.17, 15) is 14.7 Å². The Hall–Kier alpha value is -2.65. The summed E-state index contributed by atoms with van der Waals surface area (Å²) in [6.07, 6.45) is -1.45. The third-order valence-corrected chi connectivity index (χ3v) is 2.53. The van der Waals surface area contributed by atoms with Crippen molar-refractivity contribution in [2.45, 2.75) is 20.0 Å². The lowest BCUT2D eigenvalue weighted by molar-refractivity contribution is 0.0697. The fourth-order valence-electron chi connectivity index (χ4n) is 1.64. The van der Waals surface area contributed by atoms with Crippen LogP contribution in [0.25, 0.3) is 10.8 Å². The van der Waals surface area contributed by atoms with Gasteiger partial charge in [0.1, 0.15) is 6.07 Å². The second-order valence-electron chi connectivity index (χ2n) is 3.69. The highest BCUT2D eigenvalue weighted by molar-refractivity contribution is 5.94. The molecule has 2 rings (SSSR count). The Morgan fingerprint density at radius 1 is 1.35 bits per heavy atom. The molecule has 1 atom stereocenters. The lowest BCUT2D eigenvalue weighted by Crippen LogP contribution is -2.12. The van der Waals surface area contributed by atoms with E-state index >= 15 is 0 Å². The number of aromatic nitrogens is 1. The first-order valence-electron chi connectivity index (χ1n) is 6.01. The van der Waals surface area contributed by atoms with Crippen molar-refractivity contribution in [1.82, 2.24) is 4.98 Å². The number of nitriles is 1. The number of H-pyrrole nitrogens is 1. The number of hydrogen-bond acceptors (Lipinski definition) is 4. The number of carbonyl (C=O) groups is 1. The number of pyridine rings is 1. The molecule has 0 aliphatic rings. The van der Waals surface area contributed by atoms with Gasteiger partial charge in [-0.25, -0.2) is 4.79 Å². The van der Waals surface area contributed by atoms with E-state index in [4.69, 9.17) is 10.4 Å². The van der Waals surface area contributed by atoms with Crippen molar-refractivity contribution in [2.24, 2.45) is 0 Å². The van der Waals surface area contributed by atoms with Gasteiger partial charge in [0.2, 0.25) is 0 Å². The first kappa shape index (κ1) is 15.4. The molecule has 2 aromatic rings. The molecule has 3 N–H and O–H groups in total. The van der Waals surface area contributed by atoms with E-state index in [1.54, 1.807) is 6.07 Å². The quantitative estimate of drug-likeness (QED) is 0.722. The molecule has 0 radical (unpaired) electrons. The molecule has 1 heterocycles. The van der Waals surface area contributed by atoms with Crippen LogP contribution >= 0.6 is 0 Å². The minimum absolute atomic E-state index is 0.0329. The summed E-state index contributed by atoms with van der Waals surface area (Å²) in [7, 11) is 0. The van der Waals surface area contributed by atoms with Crippen LogP contribution in [-0.4, -0.2) is 21.2 Å². The summed E-state index contributed by atoms with van der Waals surface area (Å²) in [5, 5.41) is 27.4. The van der Waals surface area contributed by atoms with Gasteiger partial charge >= 0.3 is 5.97 Å². The van der Waals surface area contributed by atoms with Gasteiger partial charge in [-0.05, 0) is 29.7 Å². The van der Waals surface area contributed by atoms with Crippen molar-refractivity contribution in [3.63, 3.8) is 0 Å². The number of fused-ring (bicyclic) bond motifs is 1. The van der Waals surface area contributed by atoms with Crippen LogP contribution < -0.4 is 5.56 Å². The molecule has 0 saturated heterocycles. The average molecular weight is 274 g/mol. The summed E-state index contributed by atoms with van der Waals surface area (Å²) in [6, 6.07) is 6.99. The Morgan fingerprint density at radius 2 is 2.00 bits per heavy atom. The molecule has 0 aliphatic carbocycles. The molecular formula is C14H14N2O4. The number of benzene rings is 1. The van der Waals surface area contributed by atoms with Crippen molar-refractivity contribution in [3.05, 3.63) is 45.9 Å². The number of aromatic amines is 1. The highest BCUT2D eigenvalue weighted by atomic mass is 16.4. The Labute approximate surface area is 114 Å². The molecule has 0 fully saturated rings. The van der Waals surface area contributed by atoms with E-state index in [1.807, 2.05) is 13.8 Å². The molecule has 1 unspecified atom stereocenters. The van der Waals surface area contributed by atoms with E-state index in [0.717, 1.165) is 0 Å². The van der Waals surface area contributed by atoms with Gasteiger partial charge in [0.25, 0.3) is 5.56 Å². The number of aliphatic hydroxyl groups excluding tert-OH is 1. The van der Waals surface area contributed by atoms with Crippen LogP contribution in [0.2, 0.25) is 0 Å². The van der Waals surface area contributed by atoms with Crippen LogP contribution in [-0.2, 0) is 0 Å². The zero-order valence-electron chi connectivity index (χ0n) is 11.0. The smallest absolute Gasteiger partial charge is 0.335 e. The molecule has 0 amide bonds. The van der Waals surface area contributed by atoms with Gasteiger partial charge in [-0.1, -0.05) is 13.8 Å². The van der Waals surface area contributed by atoms with Crippen molar-refractivity contribution < 1.29 is 15.0 Å². The Balaban J connectivity index is 0.000000956. The minimum Gasteiger partial charge on any atom is -0.478 e. The molecule has 1 aromatic carbocycles. The Kier molecular flexibility index (Phi) is 5.01. The van der Waals surface area contributed by atoms with Gasteiger partial charge in [0, 0.05) is 5.39 Å². The number of hydrogen-bond donors (Lipinski definition) is 3. The van der Waals surface area contributed by atoms with Crippen LogP contribution in [0, 0.1) is 11.3 Å². The molecule has 104 valence electrons. The number of nitrogens with one attached hydrogen (secondary N) is 1. The third kappa shape index (κ3) is 3.02. The van der Waals surface area contributed by atoms with E-state index in [-0.39, 0.29) is 11.3 Å². The molecule has 0 aliphatic heterocycles. The lowest BCUT2D eigenvalue weighted by Gasteiger charge is -2.05. The summed E-state index contributed by atoms with van der Waals surface area (Å²) < 4.78 is 0. The van der Waals surface area contributed by atoms with Crippen molar-refractivity contribution in [3.8, 4) is 6.07 Å². The van der Waals surface area contributed by atoms with Crippen LogP contribution in [0.3, 0.4) is 0 Å². The number of carboxylic acids is 1. The minimum atomic E-state index is -1.45. The fraction of sp³-hybridized carbons (Fsp3) is 0.214. The molecule has 0 bridgehead atoms. The maximum atomic E-state index is 11.7. The summed E-state index contributed by atoms with van der Waals surface area (Å²) in [5.74, 6) is -1.11. The molecule has 20 heavy (non-hydrogen) atoms. The first-order chi connectivity index (χ1) is 9.52. The van der Waals surface area contributed by atoms with Gasteiger partial charge in [-0.15, -0.1) is 0 Å². The zero-order chi connectivity index (χ0) is 15.3. The topological polar surface area (TPSA) is 114 Å². The lowest BCUT2D eigenvalue weighted by atomic mass is 10.1. The Bertz CT molecular complexity index is 728. The van der Waals surface area contributed by atoms with E-state index < -0.39 is 17.6 Å². The van der Waals surface area contributed by atoms with Gasteiger partial charge in [-0.3, -0.25) is 4.79 Å². The normalized spacial score (nSPS) is 11.1. The third-order valence-electron chi connectivity index (χ3n) is 2.53. The average Bonchev–Trinajstić information content (AvgIpc) is 2.47. The fourth-order valence-corrected chi connectivity index (χ4v) is 1.64. The van der Waals surface area contributed by atoms with Crippen LogP contribution in [0.4, 0.5) is 0 Å². The number of aromatic carboxylic acids is 1. The monoisotopic (exact) mass is 274 g/mol. The summed E-state index contributed by atoms with van der Waals surface area (Å²) in [4.78, 5) is 24.9. The molecule has 6 nitrogen and oxygen atoms in total. The molecule has 6 heteroatoms. The highest BCUT2D eigenvalue weighted by Crippen LogP contribution is 2.16. The van der Waals surface area contributed by atoms with Crippen molar-refractivity contribution in [2.75, 3.05) is 0 Å². The van der Waals surface area contributed by atoms with Crippen molar-refractivity contribution in [1.29, 1.82) is 5.26 Å². The van der Waals surface area contributed by atoms with E-state index in [2.05, 4.69) is 4.98 Å². The SMILES string of the molecule is CC.N#CC(O)c1cc2cc(C(=O)O)ccc2c(=O)[nH]1. The second-order valence-corrected chi connectivity index (χ2v) is 3.69. The van der Waals surface area contributed by atoms with Crippen LogP contribution in [0.15, 0.2) is 29.1 Å². The summed E-state index contributed by atoms with van der Waals surface area (Å²) in [5.41, 5.74) is -0.406. The van der Waals surface area contributed by atoms with Gasteiger partial charge in [0.15, 0.2) is 6.10 Å². The zero-order valence-corrected chi connectivity index (χ0v) is 11.0. The van der Waals surface area contributed by atoms with Crippen LogP contribution in [0.5, 0.6) is 0 Å². The van der Waals surface area contributed by atoms with Crippen LogP contribution in [0.1, 0.15) is 36.0 Å². The molecule has 1 aromatic heterocycles. The van der Waals surface area contributed by atoms with Gasteiger partial charge < -0.3 is 15.2 Å². The number of carboxylic acid groups (broad SMARTS) is 1. The van der Waals surface area contributed by atoms with Gasteiger partial charge in [0.05, 0.1) is 11.3 Å². The maximum Gasteiger partial charge on any atom is 0.335 e. The van der Waals surface area contributed by atoms with Crippen molar-refractivity contribution >= 4 is 16.7 Å². The summed E-state index contributed by atoms with van der Waals surface area (Å²) in [6.45, 7) is 4.00. The number of rotatable bonds is 2. The molecular weight excluding hydrogens is 260 g/mol. The predicted molar refractivity (Wildman–Crippen MR) is 73.4 cm³/mol. The van der Waals surface area contributed by atoms with E-state index in [0.29, 0.717) is 10.8 Å². The standard InChI is InChI=1S/C12H8N2O4.C2H6/c13-5-10(15)9-4-7-3-6(12(17)18)1-2-8(7)11(16)14-9;1-2/h1-4,10,15H,(H,14,16)(H,17,18);1-2H3. The molecule has 0 saturated carbocycles. The van der Waals surface area contributed by atoms with Gasteiger partial charge in [-0.2, -0.15) is 5.26 Å². The number of aliphatic hydroxyl groups is 1. The highest BCUT2D eigenvalue weighted by Gasteiger charge is 2.11. The number of nitrogens with zero attached hydrogens (tertiary/aromatic N) is 1. The Morgan fingerprint density at radius 3 is 2.55 bits per heavy atom. The second kappa shape index (κ2) is 6.50. The maximum absolute atomic E-state index is 11.7. The first-order valence-corrected chi connectivity index (χ1v) is 6.01. The largest absolute Gasteiger partial charge is 0.478 e. The van der Waals surface area contributed by atoms with E-state index in [1.165, 1.54) is 24.3 Å².